The molecule has 84 valence electrons. The van der Waals surface area contributed by atoms with Crippen molar-refractivity contribution >= 4 is 11.6 Å². The van der Waals surface area contributed by atoms with E-state index in [0.29, 0.717) is 24.6 Å². The van der Waals surface area contributed by atoms with Crippen LogP contribution in [-0.2, 0) is 17.8 Å². The molecule has 1 fully saturated rings. The van der Waals surface area contributed by atoms with Crippen molar-refractivity contribution in [3.05, 3.63) is 21.6 Å². The van der Waals surface area contributed by atoms with Gasteiger partial charge in [0.2, 0.25) is 5.82 Å². The van der Waals surface area contributed by atoms with E-state index in [4.69, 9.17) is 0 Å². The second-order valence-corrected chi connectivity index (χ2v) is 4.39. The molecule has 2 heterocycles. The molecule has 0 aromatic carbocycles. The number of rotatable bonds is 2. The summed E-state index contributed by atoms with van der Waals surface area (Å²) in [5, 5.41) is 10.9. The zero-order valence-electron chi connectivity index (χ0n) is 8.68. The van der Waals surface area contributed by atoms with E-state index in [-0.39, 0.29) is 18.0 Å². The van der Waals surface area contributed by atoms with E-state index in [1.165, 1.54) is 0 Å². The Kier molecular flexibility index (Phi) is 1.86. The van der Waals surface area contributed by atoms with E-state index in [9.17, 15) is 14.9 Å². The van der Waals surface area contributed by atoms with Gasteiger partial charge in [-0.05, 0) is 22.7 Å². The molecule has 6 heteroatoms. The third kappa shape index (κ3) is 1.33. The Balaban J connectivity index is 2.12. The van der Waals surface area contributed by atoms with Crippen LogP contribution in [0.4, 0.5) is 5.82 Å². The van der Waals surface area contributed by atoms with E-state index in [0.717, 1.165) is 18.7 Å². The third-order valence-corrected chi connectivity index (χ3v) is 3.18. The van der Waals surface area contributed by atoms with Crippen LogP contribution in [0.5, 0.6) is 0 Å². The van der Waals surface area contributed by atoms with Crippen molar-refractivity contribution in [3.8, 4) is 0 Å². The van der Waals surface area contributed by atoms with Crippen LogP contribution in [0.25, 0.3) is 0 Å². The summed E-state index contributed by atoms with van der Waals surface area (Å²) in [6.45, 7) is 0.556. The highest BCUT2D eigenvalue weighted by Gasteiger charge is 2.39. The topological polar surface area (TPSA) is 78.0 Å². The van der Waals surface area contributed by atoms with Crippen LogP contribution in [0.15, 0.2) is 0 Å². The highest BCUT2D eigenvalue weighted by molar-refractivity contribution is 5.82. The van der Waals surface area contributed by atoms with Crippen LogP contribution in [0.3, 0.4) is 0 Å². The second-order valence-electron chi connectivity index (χ2n) is 4.39. The lowest BCUT2D eigenvalue weighted by Crippen LogP contribution is -2.20. The maximum Gasteiger partial charge on any atom is 0.385 e. The van der Waals surface area contributed by atoms with Crippen molar-refractivity contribution in [2.75, 3.05) is 0 Å². The van der Waals surface area contributed by atoms with Gasteiger partial charge in [0, 0.05) is 18.9 Å². The largest absolute Gasteiger partial charge is 0.385 e. The Morgan fingerprint density at radius 1 is 1.44 bits per heavy atom. The van der Waals surface area contributed by atoms with Crippen molar-refractivity contribution in [3.63, 3.8) is 0 Å². The van der Waals surface area contributed by atoms with Gasteiger partial charge in [-0.2, -0.15) is 0 Å². The summed E-state index contributed by atoms with van der Waals surface area (Å²) in [6, 6.07) is 0. The molecule has 0 radical (unpaired) electrons. The van der Waals surface area contributed by atoms with Gasteiger partial charge in [0.1, 0.15) is 11.5 Å². The Bertz CT molecular complexity index is 488. The number of carbonyl (C=O) groups is 1. The zero-order chi connectivity index (χ0) is 11.3. The smallest absolute Gasteiger partial charge is 0.358 e. The Labute approximate surface area is 91.4 Å². The predicted molar refractivity (Wildman–Crippen MR) is 54.2 cm³/mol. The SMILES string of the molecule is O=C1CCn2c(C3CC3)nc([N+](=O)[O-])c2C1. The summed E-state index contributed by atoms with van der Waals surface area (Å²) in [5.41, 5.74) is 0.503. The summed E-state index contributed by atoms with van der Waals surface area (Å²) >= 11 is 0. The fourth-order valence-corrected chi connectivity index (χ4v) is 2.23. The van der Waals surface area contributed by atoms with E-state index >= 15 is 0 Å². The van der Waals surface area contributed by atoms with Crippen LogP contribution < -0.4 is 0 Å². The highest BCUT2D eigenvalue weighted by atomic mass is 16.6. The maximum absolute atomic E-state index is 11.3. The van der Waals surface area contributed by atoms with Crippen LogP contribution in [0.1, 0.15) is 36.7 Å². The molecule has 0 N–H and O–H groups in total. The van der Waals surface area contributed by atoms with Gasteiger partial charge in [0.15, 0.2) is 0 Å². The van der Waals surface area contributed by atoms with E-state index < -0.39 is 4.92 Å². The van der Waals surface area contributed by atoms with Crippen LogP contribution in [-0.4, -0.2) is 20.3 Å². The first-order valence-corrected chi connectivity index (χ1v) is 5.42. The minimum atomic E-state index is -0.476. The maximum atomic E-state index is 11.3. The molecule has 1 aromatic heterocycles. The minimum Gasteiger partial charge on any atom is -0.358 e. The quantitative estimate of drug-likeness (QED) is 0.555. The molecule has 0 bridgehead atoms. The molecule has 6 nitrogen and oxygen atoms in total. The Hall–Kier alpha value is -1.72. The summed E-state index contributed by atoms with van der Waals surface area (Å²) in [7, 11) is 0. The molecule has 3 rings (SSSR count). The van der Waals surface area contributed by atoms with Crippen LogP contribution in [0, 0.1) is 10.1 Å². The molecule has 16 heavy (non-hydrogen) atoms. The fraction of sp³-hybridized carbons (Fsp3) is 0.600. The molecule has 0 amide bonds. The lowest BCUT2D eigenvalue weighted by atomic mass is 10.1. The Morgan fingerprint density at radius 2 is 2.19 bits per heavy atom. The van der Waals surface area contributed by atoms with Crippen molar-refractivity contribution in [1.29, 1.82) is 0 Å². The third-order valence-electron chi connectivity index (χ3n) is 3.18. The first-order chi connectivity index (χ1) is 7.66. The molecule has 2 aliphatic rings. The van der Waals surface area contributed by atoms with E-state index in [1.54, 1.807) is 0 Å². The predicted octanol–water partition coefficient (Wildman–Crippen LogP) is 1.18. The molecular weight excluding hydrogens is 210 g/mol. The van der Waals surface area contributed by atoms with E-state index in [2.05, 4.69) is 4.98 Å². The van der Waals surface area contributed by atoms with Crippen molar-refractivity contribution in [2.45, 2.75) is 38.1 Å². The number of hydrogen-bond acceptors (Lipinski definition) is 4. The van der Waals surface area contributed by atoms with Gasteiger partial charge in [-0.3, -0.25) is 4.79 Å². The van der Waals surface area contributed by atoms with Crippen LogP contribution in [0.2, 0.25) is 0 Å². The number of nitrogens with zero attached hydrogens (tertiary/aromatic N) is 3. The number of ketones is 1. The molecular formula is C10H11N3O3. The number of hydrogen-bond donors (Lipinski definition) is 0. The first kappa shape index (κ1) is 9.50. The van der Waals surface area contributed by atoms with Crippen molar-refractivity contribution < 1.29 is 9.72 Å². The number of Topliss-reactive ketones (excluding diaryl/α,β-unsaturated/α-hetero) is 1. The van der Waals surface area contributed by atoms with Crippen molar-refractivity contribution in [2.24, 2.45) is 0 Å². The van der Waals surface area contributed by atoms with E-state index in [1.807, 2.05) is 4.57 Å². The number of carbonyl (C=O) groups excluding carboxylic acids is 1. The fourth-order valence-electron chi connectivity index (χ4n) is 2.23. The monoisotopic (exact) mass is 221 g/mol. The van der Waals surface area contributed by atoms with Gasteiger partial charge in [-0.1, -0.05) is 0 Å². The zero-order valence-corrected chi connectivity index (χ0v) is 8.68. The summed E-state index contributed by atoms with van der Waals surface area (Å²) < 4.78 is 1.89. The molecule has 0 unspecified atom stereocenters. The standard InChI is InChI=1S/C10H11N3O3/c14-7-3-4-12-8(5-7)10(13(15)16)11-9(12)6-1-2-6/h6H,1-5H2. The van der Waals surface area contributed by atoms with Crippen LogP contribution >= 0.6 is 0 Å². The lowest BCUT2D eigenvalue weighted by molar-refractivity contribution is -0.390. The summed E-state index contributed by atoms with van der Waals surface area (Å²) in [5.74, 6) is 1.14. The molecule has 0 spiro atoms. The average Bonchev–Trinajstić information content (AvgIpc) is 2.99. The average molecular weight is 221 g/mol. The lowest BCUT2D eigenvalue weighted by Gasteiger charge is -2.13. The number of aromatic nitrogens is 2. The van der Waals surface area contributed by atoms with Crippen molar-refractivity contribution in [1.82, 2.24) is 9.55 Å². The molecule has 1 aliphatic carbocycles. The Morgan fingerprint density at radius 3 is 2.81 bits per heavy atom. The van der Waals surface area contributed by atoms with Gasteiger partial charge in [0.05, 0.1) is 6.42 Å². The number of imidazole rings is 1. The highest BCUT2D eigenvalue weighted by Crippen LogP contribution is 2.42. The molecule has 0 saturated heterocycles. The van der Waals surface area contributed by atoms with Gasteiger partial charge < -0.3 is 14.7 Å². The molecule has 1 saturated carbocycles. The summed E-state index contributed by atoms with van der Waals surface area (Å²) in [4.78, 5) is 25.8. The summed E-state index contributed by atoms with van der Waals surface area (Å²) in [6.07, 6.45) is 2.75. The van der Waals surface area contributed by atoms with Gasteiger partial charge in [0.25, 0.3) is 0 Å². The number of nitro groups is 1. The van der Waals surface area contributed by atoms with Gasteiger partial charge in [-0.25, -0.2) is 0 Å². The number of fused-ring (bicyclic) bond motifs is 1. The normalized spacial score (nSPS) is 19.6. The first-order valence-electron chi connectivity index (χ1n) is 5.42. The molecule has 0 atom stereocenters. The molecule has 1 aromatic rings. The van der Waals surface area contributed by atoms with Gasteiger partial charge in [-0.15, -0.1) is 0 Å². The molecule has 1 aliphatic heterocycles. The second kappa shape index (κ2) is 3.13. The minimum absolute atomic E-state index is 0.0675. The van der Waals surface area contributed by atoms with Gasteiger partial charge >= 0.3 is 5.82 Å².